The van der Waals surface area contributed by atoms with Gasteiger partial charge in [-0.2, -0.15) is 4.98 Å². The molecule has 1 N–H and O–H groups in total. The minimum atomic E-state index is -0.128. The largest absolute Gasteiger partial charge is 0.357 e. The predicted octanol–water partition coefficient (Wildman–Crippen LogP) is 2.62. The van der Waals surface area contributed by atoms with Crippen LogP contribution in [0.3, 0.4) is 0 Å². The second-order valence-corrected chi connectivity index (χ2v) is 8.07. The molecule has 0 amide bonds. The molecule has 0 aromatic carbocycles. The normalized spacial score (nSPS) is 21.9. The second-order valence-electron chi connectivity index (χ2n) is 8.07. The summed E-state index contributed by atoms with van der Waals surface area (Å²) in [5, 5.41) is 7.49. The summed E-state index contributed by atoms with van der Waals surface area (Å²) in [6.45, 7) is 14.3. The molecule has 2 fully saturated rings. The maximum absolute atomic E-state index is 5.36. The molecule has 0 bridgehead atoms. The van der Waals surface area contributed by atoms with Gasteiger partial charge in [-0.25, -0.2) is 4.99 Å². The summed E-state index contributed by atoms with van der Waals surface area (Å²) < 4.78 is 5.36. The van der Waals surface area contributed by atoms with Crippen molar-refractivity contribution in [2.45, 2.75) is 65.0 Å². The number of hydrogen-bond donors (Lipinski definition) is 1. The topological polar surface area (TPSA) is 69.8 Å². The van der Waals surface area contributed by atoms with Gasteiger partial charge in [0.15, 0.2) is 11.8 Å². The van der Waals surface area contributed by atoms with Crippen molar-refractivity contribution in [2.75, 3.05) is 32.7 Å². The first-order chi connectivity index (χ1) is 12.0. The van der Waals surface area contributed by atoms with E-state index in [0.717, 1.165) is 25.6 Å². The molecule has 148 valence electrons. The van der Waals surface area contributed by atoms with E-state index in [4.69, 9.17) is 9.52 Å². The van der Waals surface area contributed by atoms with Crippen LogP contribution in [0.5, 0.6) is 0 Å². The van der Waals surface area contributed by atoms with Gasteiger partial charge in [0.2, 0.25) is 5.89 Å². The zero-order valence-electron chi connectivity index (χ0n) is 16.5. The predicted molar refractivity (Wildman–Crippen MR) is 114 cm³/mol. The number of aliphatic imine (C=N–C) groups is 1. The molecular formula is C18H33IN6O. The molecule has 1 unspecified atom stereocenters. The highest BCUT2D eigenvalue weighted by Crippen LogP contribution is 2.21. The molecule has 3 rings (SSSR count). The highest BCUT2D eigenvalue weighted by molar-refractivity contribution is 14.0. The van der Waals surface area contributed by atoms with Crippen LogP contribution >= 0.6 is 24.0 Å². The van der Waals surface area contributed by atoms with Crippen LogP contribution in [-0.2, 0) is 12.0 Å². The molecule has 2 aliphatic heterocycles. The Hall–Kier alpha value is -0.900. The molecule has 3 heterocycles. The molecule has 2 aliphatic rings. The Bertz CT molecular complexity index is 591. The zero-order valence-corrected chi connectivity index (χ0v) is 18.8. The van der Waals surface area contributed by atoms with Crippen LogP contribution in [0.4, 0.5) is 0 Å². The van der Waals surface area contributed by atoms with E-state index in [1.165, 1.54) is 32.4 Å². The Balaban J connectivity index is 0.00000243. The van der Waals surface area contributed by atoms with E-state index in [-0.39, 0.29) is 29.4 Å². The summed E-state index contributed by atoms with van der Waals surface area (Å²) in [7, 11) is 0. The number of nitrogens with zero attached hydrogens (tertiary/aromatic N) is 5. The number of halogens is 1. The summed E-state index contributed by atoms with van der Waals surface area (Å²) in [5.41, 5.74) is -0.128. The third kappa shape index (κ3) is 5.31. The molecule has 1 aromatic rings. The molecule has 0 aliphatic carbocycles. The molecule has 7 nitrogen and oxygen atoms in total. The minimum absolute atomic E-state index is 0. The highest BCUT2D eigenvalue weighted by Gasteiger charge is 2.30. The molecule has 1 aromatic heterocycles. The number of rotatable bonds is 4. The van der Waals surface area contributed by atoms with Gasteiger partial charge in [0, 0.05) is 31.1 Å². The van der Waals surface area contributed by atoms with Crippen molar-refractivity contribution in [3.63, 3.8) is 0 Å². The third-order valence-electron chi connectivity index (χ3n) is 4.93. The van der Waals surface area contributed by atoms with Crippen molar-refractivity contribution in [2.24, 2.45) is 4.99 Å². The van der Waals surface area contributed by atoms with Crippen LogP contribution in [0.15, 0.2) is 9.52 Å². The van der Waals surface area contributed by atoms with Crippen LogP contribution in [0.2, 0.25) is 0 Å². The van der Waals surface area contributed by atoms with Crippen molar-refractivity contribution in [3.8, 4) is 0 Å². The fourth-order valence-electron chi connectivity index (χ4n) is 3.53. The second kappa shape index (κ2) is 9.34. The quantitative estimate of drug-likeness (QED) is 0.410. The molecule has 0 spiro atoms. The van der Waals surface area contributed by atoms with Gasteiger partial charge in [0.05, 0.1) is 0 Å². The Morgan fingerprint density at radius 1 is 1.27 bits per heavy atom. The Labute approximate surface area is 174 Å². The van der Waals surface area contributed by atoms with Crippen molar-refractivity contribution >= 4 is 29.9 Å². The summed E-state index contributed by atoms with van der Waals surface area (Å²) in [6.07, 6.45) is 3.91. The van der Waals surface area contributed by atoms with Gasteiger partial charge >= 0.3 is 0 Å². The fourth-order valence-corrected chi connectivity index (χ4v) is 3.53. The molecular weight excluding hydrogens is 443 g/mol. The van der Waals surface area contributed by atoms with E-state index in [9.17, 15) is 0 Å². The maximum atomic E-state index is 5.36. The van der Waals surface area contributed by atoms with E-state index < -0.39 is 0 Å². The van der Waals surface area contributed by atoms with Gasteiger partial charge in [0.25, 0.3) is 0 Å². The summed E-state index contributed by atoms with van der Waals surface area (Å²) in [5.74, 6) is 2.28. The van der Waals surface area contributed by atoms with Crippen LogP contribution < -0.4 is 5.32 Å². The third-order valence-corrected chi connectivity index (χ3v) is 4.93. The number of nitrogens with one attached hydrogen (secondary N) is 1. The van der Waals surface area contributed by atoms with Gasteiger partial charge < -0.3 is 14.7 Å². The van der Waals surface area contributed by atoms with Crippen LogP contribution in [-0.4, -0.2) is 64.7 Å². The van der Waals surface area contributed by atoms with Crippen LogP contribution in [0.1, 0.15) is 58.7 Å². The number of hydrogen-bond acceptors (Lipinski definition) is 5. The summed E-state index contributed by atoms with van der Waals surface area (Å²) in [4.78, 5) is 14.2. The van der Waals surface area contributed by atoms with Crippen molar-refractivity contribution in [3.05, 3.63) is 11.7 Å². The van der Waals surface area contributed by atoms with Gasteiger partial charge in [-0.05, 0) is 39.3 Å². The summed E-state index contributed by atoms with van der Waals surface area (Å²) >= 11 is 0. The number of guanidine groups is 1. The first-order valence-electron chi connectivity index (χ1n) is 9.57. The monoisotopic (exact) mass is 476 g/mol. The van der Waals surface area contributed by atoms with Crippen LogP contribution in [0.25, 0.3) is 0 Å². The average Bonchev–Trinajstić information content (AvgIpc) is 3.31. The van der Waals surface area contributed by atoms with E-state index in [1.54, 1.807) is 0 Å². The first kappa shape index (κ1) is 21.4. The lowest BCUT2D eigenvalue weighted by molar-refractivity contribution is 0.249. The van der Waals surface area contributed by atoms with E-state index in [2.05, 4.69) is 53.0 Å². The highest BCUT2D eigenvalue weighted by atomic mass is 127. The molecule has 26 heavy (non-hydrogen) atoms. The standard InChI is InChI=1S/C18H32N6O.HI/c1-5-19-17(20-12-15-21-16(25-22-15)18(2,3)4)24-11-8-14(13-24)23-9-6-7-10-23;/h14H,5-13H2,1-4H3,(H,19,20);1H. The van der Waals surface area contributed by atoms with Crippen LogP contribution in [0, 0.1) is 0 Å². The number of aromatic nitrogens is 2. The van der Waals surface area contributed by atoms with Gasteiger partial charge in [0.1, 0.15) is 6.54 Å². The maximum Gasteiger partial charge on any atom is 0.232 e. The number of likely N-dealkylation sites (tertiary alicyclic amines) is 2. The van der Waals surface area contributed by atoms with Gasteiger partial charge in [-0.1, -0.05) is 25.9 Å². The van der Waals surface area contributed by atoms with E-state index >= 15 is 0 Å². The zero-order chi connectivity index (χ0) is 17.9. The van der Waals surface area contributed by atoms with Crippen molar-refractivity contribution < 1.29 is 4.52 Å². The Morgan fingerprint density at radius 2 is 2.00 bits per heavy atom. The molecule has 2 saturated heterocycles. The SMILES string of the molecule is CCNC(=NCc1noc(C(C)(C)C)n1)N1CCC(N2CCCC2)C1.I. The first-order valence-corrected chi connectivity index (χ1v) is 9.57. The van der Waals surface area contributed by atoms with E-state index in [1.807, 2.05) is 0 Å². The molecule has 1 atom stereocenters. The molecule has 8 heteroatoms. The molecule has 0 radical (unpaired) electrons. The average molecular weight is 476 g/mol. The molecule has 0 saturated carbocycles. The minimum Gasteiger partial charge on any atom is -0.357 e. The lowest BCUT2D eigenvalue weighted by atomic mass is 9.97. The van der Waals surface area contributed by atoms with Gasteiger partial charge in [-0.3, -0.25) is 4.90 Å². The Morgan fingerprint density at radius 3 is 2.62 bits per heavy atom. The smallest absolute Gasteiger partial charge is 0.232 e. The summed E-state index contributed by atoms with van der Waals surface area (Å²) in [6, 6.07) is 0.670. The van der Waals surface area contributed by atoms with Crippen molar-refractivity contribution in [1.29, 1.82) is 0 Å². The Kier molecular flexibility index (Phi) is 7.69. The van der Waals surface area contributed by atoms with E-state index in [0.29, 0.717) is 24.3 Å². The lowest BCUT2D eigenvalue weighted by Crippen LogP contribution is -2.42. The van der Waals surface area contributed by atoms with Gasteiger partial charge in [-0.15, -0.1) is 24.0 Å². The fraction of sp³-hybridized carbons (Fsp3) is 0.833. The lowest BCUT2D eigenvalue weighted by Gasteiger charge is -2.25. The van der Waals surface area contributed by atoms with Crippen molar-refractivity contribution in [1.82, 2.24) is 25.3 Å².